The molecule has 0 unspecified atom stereocenters. The van der Waals surface area contributed by atoms with Gasteiger partial charge in [0.05, 0.1) is 11.3 Å². The predicted octanol–water partition coefficient (Wildman–Crippen LogP) is 2.80. The van der Waals surface area contributed by atoms with E-state index in [0.29, 0.717) is 0 Å². The molecular formula is C12H13F4N3O2S. The Balaban J connectivity index is 2.16. The molecule has 0 saturated heterocycles. The average Bonchev–Trinajstić information content (AvgIpc) is 2.64. The normalized spacial score (nSPS) is 12.8. The lowest BCUT2D eigenvalue weighted by Gasteiger charge is -2.09. The van der Waals surface area contributed by atoms with E-state index < -0.39 is 40.6 Å². The highest BCUT2D eigenvalue weighted by Crippen LogP contribution is 2.23. The molecule has 0 aliphatic rings. The van der Waals surface area contributed by atoms with Gasteiger partial charge >= 0.3 is 6.18 Å². The van der Waals surface area contributed by atoms with Crippen LogP contribution in [0.5, 0.6) is 0 Å². The summed E-state index contributed by atoms with van der Waals surface area (Å²) in [5.74, 6) is -1.42. The molecule has 10 heteroatoms. The molecule has 1 heterocycles. The molecule has 1 aromatic heterocycles. The van der Waals surface area contributed by atoms with Crippen molar-refractivity contribution in [1.29, 1.82) is 0 Å². The van der Waals surface area contributed by atoms with Gasteiger partial charge in [0.1, 0.15) is 11.3 Å². The van der Waals surface area contributed by atoms with Gasteiger partial charge in [-0.3, -0.25) is 4.72 Å². The molecular weight excluding hydrogens is 326 g/mol. The molecule has 5 nitrogen and oxygen atoms in total. The summed E-state index contributed by atoms with van der Waals surface area (Å²) in [5.41, 5.74) is 0.353. The van der Waals surface area contributed by atoms with E-state index in [4.69, 9.17) is 0 Å². The minimum absolute atomic E-state index is 0.107. The second-order valence-corrected chi connectivity index (χ2v) is 6.58. The van der Waals surface area contributed by atoms with E-state index in [2.05, 4.69) is 9.71 Å². The first-order valence-corrected chi connectivity index (χ1v) is 7.92. The number of nitrogens with one attached hydrogen (secondary N) is 1. The predicted molar refractivity (Wildman–Crippen MR) is 73.4 cm³/mol. The third-order valence-electron chi connectivity index (χ3n) is 2.97. The molecule has 1 aromatic carbocycles. The Morgan fingerprint density at radius 3 is 2.59 bits per heavy atom. The maximum absolute atomic E-state index is 13.7. The van der Waals surface area contributed by atoms with Gasteiger partial charge in [-0.05, 0) is 18.6 Å². The van der Waals surface area contributed by atoms with Crippen LogP contribution in [0, 0.1) is 5.82 Å². The van der Waals surface area contributed by atoms with Crippen LogP contribution in [0.1, 0.15) is 12.8 Å². The molecule has 0 aliphatic heterocycles. The van der Waals surface area contributed by atoms with Crippen LogP contribution >= 0.6 is 0 Å². The van der Waals surface area contributed by atoms with Crippen molar-refractivity contribution >= 4 is 27.0 Å². The number of fused-ring (bicyclic) bond motifs is 1. The van der Waals surface area contributed by atoms with Gasteiger partial charge in [-0.25, -0.2) is 17.8 Å². The monoisotopic (exact) mass is 339 g/mol. The number of nitrogens with zero attached hydrogens (tertiary/aromatic N) is 2. The van der Waals surface area contributed by atoms with Crippen LogP contribution in [0.3, 0.4) is 0 Å². The summed E-state index contributed by atoms with van der Waals surface area (Å²) in [6, 6.07) is 4.12. The Bertz CT molecular complexity index is 784. The van der Waals surface area contributed by atoms with Crippen LogP contribution in [0.15, 0.2) is 18.2 Å². The Labute approximate surface area is 124 Å². The van der Waals surface area contributed by atoms with Crippen LogP contribution < -0.4 is 4.72 Å². The van der Waals surface area contributed by atoms with Gasteiger partial charge in [0, 0.05) is 13.5 Å². The number of anilines is 1. The fourth-order valence-electron chi connectivity index (χ4n) is 1.97. The van der Waals surface area contributed by atoms with Crippen LogP contribution in [-0.2, 0) is 17.1 Å². The van der Waals surface area contributed by atoms with E-state index in [1.165, 1.54) is 29.8 Å². The zero-order valence-corrected chi connectivity index (χ0v) is 12.3. The smallest absolute Gasteiger partial charge is 0.310 e. The van der Waals surface area contributed by atoms with Crippen LogP contribution in [0.25, 0.3) is 11.0 Å². The summed E-state index contributed by atoms with van der Waals surface area (Å²) >= 11 is 0. The van der Waals surface area contributed by atoms with Gasteiger partial charge in [-0.1, -0.05) is 6.07 Å². The molecule has 2 rings (SSSR count). The fraction of sp³-hybridized carbons (Fsp3) is 0.417. The molecule has 0 fully saturated rings. The number of benzene rings is 1. The number of hydrogen-bond acceptors (Lipinski definition) is 3. The van der Waals surface area contributed by atoms with E-state index in [1.807, 2.05) is 0 Å². The van der Waals surface area contributed by atoms with E-state index in [0.717, 1.165) is 0 Å². The maximum Gasteiger partial charge on any atom is 0.389 e. The first kappa shape index (κ1) is 16.5. The van der Waals surface area contributed by atoms with Crippen molar-refractivity contribution in [3.05, 3.63) is 24.0 Å². The molecule has 0 saturated carbocycles. The Kier molecular flexibility index (Phi) is 4.32. The topological polar surface area (TPSA) is 64.0 Å². The van der Waals surface area contributed by atoms with Gasteiger partial charge in [0.2, 0.25) is 16.0 Å². The van der Waals surface area contributed by atoms with Gasteiger partial charge in [0.25, 0.3) is 0 Å². The number of para-hydroxylation sites is 1. The molecule has 22 heavy (non-hydrogen) atoms. The van der Waals surface area contributed by atoms with Crippen LogP contribution in [0.4, 0.5) is 23.5 Å². The third-order valence-corrected chi connectivity index (χ3v) is 4.28. The zero-order valence-electron chi connectivity index (χ0n) is 11.5. The van der Waals surface area contributed by atoms with Gasteiger partial charge in [0.15, 0.2) is 0 Å². The second-order valence-electron chi connectivity index (χ2n) is 4.74. The van der Waals surface area contributed by atoms with Gasteiger partial charge in [-0.2, -0.15) is 13.2 Å². The lowest BCUT2D eigenvalue weighted by atomic mass is 10.3. The third kappa shape index (κ3) is 3.87. The molecule has 1 N–H and O–H groups in total. The number of aryl methyl sites for hydroxylation is 1. The Morgan fingerprint density at radius 1 is 1.32 bits per heavy atom. The summed E-state index contributed by atoms with van der Waals surface area (Å²) in [6.45, 7) is 0. The summed E-state index contributed by atoms with van der Waals surface area (Å²) in [5, 5.41) is 0. The number of imidazole rings is 1. The number of hydrogen-bond donors (Lipinski definition) is 1. The number of alkyl halides is 3. The van der Waals surface area contributed by atoms with Crippen LogP contribution in [-0.4, -0.2) is 29.9 Å². The summed E-state index contributed by atoms with van der Waals surface area (Å²) in [6.07, 6.45) is -6.15. The zero-order chi connectivity index (χ0) is 16.5. The number of rotatable bonds is 5. The lowest BCUT2D eigenvalue weighted by molar-refractivity contribution is -0.134. The number of halogens is 4. The van der Waals surface area contributed by atoms with Crippen molar-refractivity contribution in [2.24, 2.45) is 7.05 Å². The SMILES string of the molecule is Cn1c(NS(=O)(=O)CCCC(F)(F)F)nc2cccc(F)c21. The molecule has 0 atom stereocenters. The first-order valence-electron chi connectivity index (χ1n) is 6.27. The van der Waals surface area contributed by atoms with Crippen molar-refractivity contribution in [2.75, 3.05) is 10.5 Å². The molecule has 2 aromatic rings. The second kappa shape index (κ2) is 5.75. The van der Waals surface area contributed by atoms with Gasteiger partial charge in [-0.15, -0.1) is 0 Å². The maximum atomic E-state index is 13.7. The highest BCUT2D eigenvalue weighted by atomic mass is 32.2. The number of aromatic nitrogens is 2. The van der Waals surface area contributed by atoms with E-state index in [-0.39, 0.29) is 17.0 Å². The van der Waals surface area contributed by atoms with E-state index in [1.54, 1.807) is 0 Å². The quantitative estimate of drug-likeness (QED) is 0.852. The summed E-state index contributed by atoms with van der Waals surface area (Å²) in [7, 11) is -2.59. The molecule has 122 valence electrons. The average molecular weight is 339 g/mol. The first-order chi connectivity index (χ1) is 10.1. The van der Waals surface area contributed by atoms with E-state index >= 15 is 0 Å². The van der Waals surface area contributed by atoms with Crippen molar-refractivity contribution in [2.45, 2.75) is 19.0 Å². The molecule has 0 bridgehead atoms. The van der Waals surface area contributed by atoms with E-state index in [9.17, 15) is 26.0 Å². The molecule has 0 spiro atoms. The number of sulfonamides is 1. The minimum Gasteiger partial charge on any atom is -0.310 e. The molecule has 0 aliphatic carbocycles. The van der Waals surface area contributed by atoms with Crippen molar-refractivity contribution in [3.8, 4) is 0 Å². The van der Waals surface area contributed by atoms with Crippen molar-refractivity contribution < 1.29 is 26.0 Å². The van der Waals surface area contributed by atoms with Crippen molar-refractivity contribution in [1.82, 2.24) is 9.55 Å². The lowest BCUT2D eigenvalue weighted by Crippen LogP contribution is -2.20. The summed E-state index contributed by atoms with van der Waals surface area (Å²) < 4.78 is 76.6. The molecule has 0 radical (unpaired) electrons. The standard InChI is InChI=1S/C12H13F4N3O2S/c1-19-10-8(13)4-2-5-9(10)17-11(19)18-22(20,21)7-3-6-12(14,15)16/h2,4-5H,3,6-7H2,1H3,(H,17,18). The fourth-order valence-corrected chi connectivity index (χ4v) is 3.05. The van der Waals surface area contributed by atoms with Crippen LogP contribution in [0.2, 0.25) is 0 Å². The summed E-state index contributed by atoms with van der Waals surface area (Å²) in [4.78, 5) is 3.93. The Hall–Kier alpha value is -1.84. The van der Waals surface area contributed by atoms with Crippen molar-refractivity contribution in [3.63, 3.8) is 0 Å². The highest BCUT2D eigenvalue weighted by Gasteiger charge is 2.27. The molecule has 0 amide bonds. The van der Waals surface area contributed by atoms with Gasteiger partial charge < -0.3 is 4.57 Å². The minimum atomic E-state index is -4.41. The highest BCUT2D eigenvalue weighted by molar-refractivity contribution is 7.92. The Morgan fingerprint density at radius 2 is 2.00 bits per heavy atom. The largest absolute Gasteiger partial charge is 0.389 e.